The molecule has 260 valence electrons. The van der Waals surface area contributed by atoms with E-state index in [9.17, 15) is 26.7 Å². The predicted octanol–water partition coefficient (Wildman–Crippen LogP) is 7.40. The van der Waals surface area contributed by atoms with Gasteiger partial charge in [0.2, 0.25) is 11.9 Å². The smallest absolute Gasteiger partial charge is 0.497 e. The van der Waals surface area contributed by atoms with Crippen molar-refractivity contribution in [1.29, 1.82) is 5.26 Å². The van der Waals surface area contributed by atoms with Crippen molar-refractivity contribution in [1.82, 2.24) is 14.8 Å². The molecule has 4 aromatic rings. The number of amides is 1. The average molecular weight is 713 g/mol. The Bertz CT molecular complexity index is 1940. The Kier molecular flexibility index (Phi) is 10.7. The van der Waals surface area contributed by atoms with E-state index in [2.05, 4.69) is 30.3 Å². The summed E-state index contributed by atoms with van der Waals surface area (Å²) >= 11 is 1.28. The van der Waals surface area contributed by atoms with Crippen molar-refractivity contribution < 1.29 is 36.2 Å². The monoisotopic (exact) mass is 712 g/mol. The molecule has 1 saturated heterocycles. The molecule has 0 unspecified atom stereocenters. The van der Waals surface area contributed by atoms with Crippen LogP contribution in [-0.2, 0) is 4.79 Å². The summed E-state index contributed by atoms with van der Waals surface area (Å²) in [7, 11) is 1.56. The zero-order valence-corrected chi connectivity index (χ0v) is 27.6. The number of anilines is 2. The Hall–Kier alpha value is -5.50. The van der Waals surface area contributed by atoms with E-state index in [1.54, 1.807) is 42.3 Å². The molecule has 0 spiro atoms. The molecule has 1 amide bonds. The number of benzene rings is 3. The highest BCUT2D eigenvalue weighted by atomic mass is 32.2. The van der Waals surface area contributed by atoms with Gasteiger partial charge in [-0.25, -0.2) is 0 Å². The Morgan fingerprint density at radius 1 is 1.06 bits per heavy atom. The zero-order valence-electron chi connectivity index (χ0n) is 26.8. The van der Waals surface area contributed by atoms with E-state index in [4.69, 9.17) is 10.00 Å². The van der Waals surface area contributed by atoms with Crippen molar-refractivity contribution in [3.05, 3.63) is 77.9 Å². The van der Waals surface area contributed by atoms with Gasteiger partial charge in [0.1, 0.15) is 11.5 Å². The van der Waals surface area contributed by atoms with Crippen LogP contribution in [0.15, 0.2) is 76.9 Å². The molecule has 1 aliphatic heterocycles. The lowest BCUT2D eigenvalue weighted by molar-refractivity contribution is -0.360. The maximum absolute atomic E-state index is 13.3. The third-order valence-corrected chi connectivity index (χ3v) is 8.08. The van der Waals surface area contributed by atoms with Crippen molar-refractivity contribution in [3.63, 3.8) is 0 Å². The minimum absolute atomic E-state index is 0.121. The van der Waals surface area contributed by atoms with Crippen molar-refractivity contribution >= 4 is 40.7 Å². The van der Waals surface area contributed by atoms with E-state index in [0.717, 1.165) is 17.7 Å². The van der Waals surface area contributed by atoms with Crippen molar-refractivity contribution in [2.45, 2.75) is 38.5 Å². The summed E-state index contributed by atoms with van der Waals surface area (Å²) in [5.74, 6) is 0.611. The fourth-order valence-corrected chi connectivity index (χ4v) is 5.50. The number of carbonyl (C=O) groups is 1. The molecule has 0 saturated carbocycles. The number of thioether (sulfide) groups is 1. The molecule has 0 radical (unpaired) electrons. The maximum Gasteiger partial charge on any atom is 0.499 e. The fourth-order valence-electron chi connectivity index (χ4n) is 4.69. The Balaban J connectivity index is 1.35. The van der Waals surface area contributed by atoms with Crippen LogP contribution in [-0.4, -0.2) is 63.7 Å². The van der Waals surface area contributed by atoms with Crippen molar-refractivity contribution in [2.75, 3.05) is 29.6 Å². The van der Waals surface area contributed by atoms with Crippen LogP contribution < -0.4 is 19.7 Å². The minimum Gasteiger partial charge on any atom is -0.497 e. The zero-order chi connectivity index (χ0) is 36.1. The van der Waals surface area contributed by atoms with Crippen LogP contribution in [0.3, 0.4) is 0 Å². The van der Waals surface area contributed by atoms with Gasteiger partial charge in [-0.15, -0.1) is 10.2 Å². The summed E-state index contributed by atoms with van der Waals surface area (Å²) in [6.45, 7) is 4.28. The van der Waals surface area contributed by atoms with Gasteiger partial charge in [-0.2, -0.15) is 42.0 Å². The minimum atomic E-state index is -5.88. The highest BCUT2D eigenvalue weighted by Gasteiger charge is 2.61. The second kappa shape index (κ2) is 14.9. The maximum atomic E-state index is 13.3. The summed E-state index contributed by atoms with van der Waals surface area (Å²) in [6.07, 6.45) is -9.58. The number of hydrogen-bond donors (Lipinski definition) is 1. The molecule has 1 fully saturated rings. The highest BCUT2D eigenvalue weighted by molar-refractivity contribution is 8.15. The van der Waals surface area contributed by atoms with Crippen LogP contribution in [0.1, 0.15) is 37.3 Å². The molecule has 11 nitrogen and oxygen atoms in total. The topological polar surface area (TPSA) is 130 Å². The van der Waals surface area contributed by atoms with Gasteiger partial charge >= 0.3 is 12.3 Å². The number of methoxy groups -OCH3 is 1. The first-order chi connectivity index (χ1) is 23.8. The van der Waals surface area contributed by atoms with Crippen LogP contribution >= 0.6 is 11.8 Å². The predicted molar refractivity (Wildman–Crippen MR) is 179 cm³/mol. The van der Waals surface area contributed by atoms with Crippen molar-refractivity contribution in [2.24, 2.45) is 10.2 Å². The van der Waals surface area contributed by atoms with Gasteiger partial charge in [0, 0.05) is 18.2 Å². The van der Waals surface area contributed by atoms with E-state index >= 15 is 0 Å². The summed E-state index contributed by atoms with van der Waals surface area (Å²) in [4.78, 5) is 18.9. The molecular weight excluding hydrogens is 683 g/mol. The van der Waals surface area contributed by atoms with E-state index in [1.807, 2.05) is 32.0 Å². The molecule has 2 heterocycles. The molecule has 50 heavy (non-hydrogen) atoms. The lowest BCUT2D eigenvalue weighted by Crippen LogP contribution is -2.41. The molecule has 17 heteroatoms. The van der Waals surface area contributed by atoms with Gasteiger partial charge < -0.3 is 14.8 Å². The van der Waals surface area contributed by atoms with Crippen LogP contribution in [0.25, 0.3) is 17.1 Å². The molecule has 0 atom stereocenters. The second-order valence-corrected chi connectivity index (χ2v) is 11.9. The average Bonchev–Trinajstić information content (AvgIpc) is 3.67. The van der Waals surface area contributed by atoms with Crippen LogP contribution in [0, 0.1) is 11.3 Å². The fraction of sp³-hybridized carbons (Fsp3) is 0.273. The number of halogens is 5. The van der Waals surface area contributed by atoms with Gasteiger partial charge in [-0.1, -0.05) is 55.9 Å². The first-order valence-corrected chi connectivity index (χ1v) is 16.0. The second-order valence-electron chi connectivity index (χ2n) is 11.0. The third kappa shape index (κ3) is 8.03. The summed E-state index contributed by atoms with van der Waals surface area (Å²) in [6, 6.07) is 18.9. The van der Waals surface area contributed by atoms with Crippen LogP contribution in [0.2, 0.25) is 0 Å². The largest absolute Gasteiger partial charge is 0.499 e. The third-order valence-electron chi connectivity index (χ3n) is 7.17. The number of nitrogens with zero attached hydrogens (tertiary/aromatic N) is 7. The van der Waals surface area contributed by atoms with E-state index < -0.39 is 18.0 Å². The number of ether oxygens (including phenoxy) is 2. The number of hydrogen-bond acceptors (Lipinski definition) is 10. The number of rotatable bonds is 12. The molecule has 1 N–H and O–H groups in total. The van der Waals surface area contributed by atoms with E-state index in [-0.39, 0.29) is 48.0 Å². The van der Waals surface area contributed by atoms with E-state index in [0.29, 0.717) is 27.7 Å². The molecule has 1 aromatic heterocycles. The number of carbonyl (C=O) groups excluding carboxylic acids is 1. The summed E-state index contributed by atoms with van der Waals surface area (Å²) < 4.78 is 74.9. The molecule has 5 rings (SSSR count). The molecule has 1 aliphatic rings. The highest BCUT2D eigenvalue weighted by Crippen LogP contribution is 2.38. The standard InChI is InChI=1S/C33H29F5N8O3S/c1-20(2)26-14-13-25(48-3)17-27(26)45-28(47)19-50-31(45)43-41-18-21-5-7-22(8-6-21)29-42-30(40-16-4-15-39)46(44-29)23-9-11-24(12-10-23)49-33(37,38)32(34,35)36/h5-14,17-18,20H,4,16,19H2,1-3H3,(H,40,42,44)/b41-18+,43-31-. The molecular formula is C33H29F5N8O3S. The molecule has 0 bridgehead atoms. The van der Waals surface area contributed by atoms with Gasteiger partial charge in [-0.05, 0) is 47.4 Å². The number of aromatic nitrogens is 3. The molecule has 0 aliphatic carbocycles. The lowest BCUT2D eigenvalue weighted by Gasteiger charge is -2.22. The van der Waals surface area contributed by atoms with E-state index in [1.165, 1.54) is 34.8 Å². The van der Waals surface area contributed by atoms with Crippen LogP contribution in [0.4, 0.5) is 33.6 Å². The lowest BCUT2D eigenvalue weighted by atomic mass is 10.00. The van der Waals surface area contributed by atoms with Gasteiger partial charge in [0.15, 0.2) is 11.0 Å². The number of nitriles is 1. The number of amidine groups is 1. The van der Waals surface area contributed by atoms with Crippen LogP contribution in [0.5, 0.6) is 11.5 Å². The number of nitrogens with one attached hydrogen (secondary N) is 1. The Morgan fingerprint density at radius 3 is 2.40 bits per heavy atom. The van der Waals surface area contributed by atoms with Crippen molar-refractivity contribution in [3.8, 4) is 34.6 Å². The quantitative estimate of drug-likeness (QED) is 0.0697. The SMILES string of the molecule is COc1ccc(C(C)C)c(N2C(=O)CS/C2=N\N=C\c2ccc(-c3nc(NCCC#N)n(-c4ccc(OC(F)(F)C(F)(F)F)cc4)n3)cc2)c1. The summed E-state index contributed by atoms with van der Waals surface area (Å²) in [5.41, 5.74) is 3.20. The first-order valence-electron chi connectivity index (χ1n) is 15.0. The number of alkyl halides is 5. The summed E-state index contributed by atoms with van der Waals surface area (Å²) in [5, 5.41) is 25.4. The molecule has 3 aromatic carbocycles. The van der Waals surface area contributed by atoms with Gasteiger partial charge in [0.25, 0.3) is 0 Å². The van der Waals surface area contributed by atoms with Gasteiger partial charge in [-0.3, -0.25) is 9.69 Å². The normalized spacial score (nSPS) is 14.5. The Morgan fingerprint density at radius 2 is 1.76 bits per heavy atom. The Labute approximate surface area is 287 Å². The first kappa shape index (κ1) is 35.8. The van der Waals surface area contributed by atoms with Gasteiger partial charge in [0.05, 0.1) is 42.9 Å².